The van der Waals surface area contributed by atoms with Crippen LogP contribution in [0.15, 0.2) is 76.5 Å². The number of thioether (sulfide) groups is 2. The zero-order valence-corrected chi connectivity index (χ0v) is 32.6. The highest BCUT2D eigenvalue weighted by Gasteiger charge is 2.18. The number of ether oxygens (including phenoxy) is 6. The van der Waals surface area contributed by atoms with Gasteiger partial charge in [0.2, 0.25) is 0 Å². The molecule has 0 saturated carbocycles. The van der Waals surface area contributed by atoms with E-state index in [1.54, 1.807) is 18.2 Å². The van der Waals surface area contributed by atoms with Crippen molar-refractivity contribution in [2.45, 2.75) is 68.8 Å². The highest BCUT2D eigenvalue weighted by Crippen LogP contribution is 2.23. The largest absolute Gasteiger partial charge is 0.461 e. The molecule has 2 aromatic carbocycles. The fourth-order valence-corrected chi connectivity index (χ4v) is 5.71. The molecule has 15 heteroatoms. The summed E-state index contributed by atoms with van der Waals surface area (Å²) < 4.78 is 32.6. The number of amides is 2. The van der Waals surface area contributed by atoms with Gasteiger partial charge >= 0.3 is 24.1 Å². The predicted octanol–water partition coefficient (Wildman–Crippen LogP) is 6.94. The Balaban J connectivity index is 1.78. The number of carbonyl (C=O) groups excluding carboxylic acids is 4. The van der Waals surface area contributed by atoms with Crippen LogP contribution >= 0.6 is 35.1 Å². The number of hydrogen-bond acceptors (Lipinski definition) is 12. The Kier molecular flexibility index (Phi) is 21.6. The van der Waals surface area contributed by atoms with E-state index < -0.39 is 36.3 Å². The summed E-state index contributed by atoms with van der Waals surface area (Å²) in [7, 11) is 0. The first kappa shape index (κ1) is 44.5. The summed E-state index contributed by atoms with van der Waals surface area (Å²) in [6.07, 6.45) is 0.492. The number of carbonyl (C=O) groups is 4. The zero-order valence-electron chi connectivity index (χ0n) is 30.2. The number of benzene rings is 2. The molecule has 2 atom stereocenters. The standard InChI is InChI=1S/C37H49ClN2O10S2/c1-25(2)35(42)46-19-17-40-37(44)50-31(22-48-27(5)6)24-52-33-9-7-8-28(20-33)10-15-34(41)45-18-16-39-36(43)49-30(21-47-26(3)4)23-51-32-13-11-29(38)12-14-32/h7-15,20,26-27,30-31H,1,16-19,21-24H2,2-6H3,(H,39,43)(H,40,44)/b15-10+. The topological polar surface area (TPSA) is 148 Å². The van der Waals surface area contributed by atoms with Crippen LogP contribution in [0.1, 0.15) is 40.2 Å². The van der Waals surface area contributed by atoms with Gasteiger partial charge in [-0.3, -0.25) is 0 Å². The van der Waals surface area contributed by atoms with Crippen LogP contribution in [-0.2, 0) is 38.0 Å². The average molecular weight is 781 g/mol. The average Bonchev–Trinajstić information content (AvgIpc) is 3.10. The van der Waals surface area contributed by atoms with Crippen molar-refractivity contribution in [1.29, 1.82) is 0 Å². The number of halogens is 1. The van der Waals surface area contributed by atoms with Crippen molar-refractivity contribution in [3.8, 4) is 0 Å². The van der Waals surface area contributed by atoms with Gasteiger partial charge in [-0.15, -0.1) is 23.5 Å². The maximum absolute atomic E-state index is 12.4. The van der Waals surface area contributed by atoms with Crippen LogP contribution < -0.4 is 10.6 Å². The quantitative estimate of drug-likeness (QED) is 0.0396. The van der Waals surface area contributed by atoms with E-state index in [2.05, 4.69) is 17.2 Å². The first-order valence-corrected chi connectivity index (χ1v) is 19.1. The second kappa shape index (κ2) is 25.3. The predicted molar refractivity (Wildman–Crippen MR) is 204 cm³/mol. The number of alkyl carbamates (subject to hydrolysis) is 2. The Bertz CT molecular complexity index is 1460. The van der Waals surface area contributed by atoms with Crippen LogP contribution in [0.4, 0.5) is 9.59 Å². The van der Waals surface area contributed by atoms with E-state index in [0.717, 1.165) is 15.4 Å². The molecule has 0 saturated heterocycles. The van der Waals surface area contributed by atoms with Gasteiger partial charge in [0.05, 0.1) is 38.5 Å². The molecule has 0 bridgehead atoms. The SMILES string of the molecule is C=C(C)C(=O)OCCNC(=O)OC(COC(C)C)CSc1cccc(/C=C/C(=O)OCCNC(=O)OC(COC(C)C)CSc2ccc(Cl)cc2)c1. The monoisotopic (exact) mass is 780 g/mol. The molecule has 0 aliphatic rings. The molecule has 0 spiro atoms. The van der Waals surface area contributed by atoms with Gasteiger partial charge < -0.3 is 39.1 Å². The lowest BCUT2D eigenvalue weighted by Crippen LogP contribution is -2.35. The Morgan fingerprint density at radius 2 is 1.33 bits per heavy atom. The maximum Gasteiger partial charge on any atom is 0.407 e. The first-order chi connectivity index (χ1) is 24.8. The Hall–Kier alpha value is -3.69. The molecule has 0 fully saturated rings. The second-order valence-corrected chi connectivity index (χ2v) is 14.4. The smallest absolute Gasteiger partial charge is 0.407 e. The van der Waals surface area contributed by atoms with Crippen molar-refractivity contribution in [3.63, 3.8) is 0 Å². The molecule has 2 aromatic rings. The third-order valence-corrected chi connectivity index (χ3v) is 8.82. The van der Waals surface area contributed by atoms with E-state index in [1.807, 2.05) is 64.1 Å². The van der Waals surface area contributed by atoms with Crippen molar-refractivity contribution in [2.24, 2.45) is 0 Å². The van der Waals surface area contributed by atoms with E-state index in [-0.39, 0.29) is 57.3 Å². The maximum atomic E-state index is 12.4. The molecule has 12 nitrogen and oxygen atoms in total. The van der Waals surface area contributed by atoms with Crippen LogP contribution in [-0.4, -0.2) is 99.6 Å². The third-order valence-electron chi connectivity index (χ3n) is 6.30. The number of hydrogen-bond donors (Lipinski definition) is 2. The molecule has 0 radical (unpaired) electrons. The lowest BCUT2D eigenvalue weighted by molar-refractivity contribution is -0.139. The molecule has 52 heavy (non-hydrogen) atoms. The molecule has 2 rings (SSSR count). The van der Waals surface area contributed by atoms with Crippen LogP contribution in [0.25, 0.3) is 6.08 Å². The molecule has 2 amide bonds. The minimum atomic E-state index is -0.656. The van der Waals surface area contributed by atoms with Crippen molar-refractivity contribution in [1.82, 2.24) is 10.6 Å². The van der Waals surface area contributed by atoms with Crippen molar-refractivity contribution >= 4 is 65.3 Å². The van der Waals surface area contributed by atoms with E-state index in [9.17, 15) is 19.2 Å². The van der Waals surface area contributed by atoms with Crippen molar-refractivity contribution in [2.75, 3.05) is 51.0 Å². The molecule has 0 aliphatic carbocycles. The van der Waals surface area contributed by atoms with E-state index in [1.165, 1.54) is 36.5 Å². The summed E-state index contributed by atoms with van der Waals surface area (Å²) in [4.78, 5) is 50.4. The van der Waals surface area contributed by atoms with Crippen LogP contribution in [0.3, 0.4) is 0 Å². The second-order valence-electron chi connectivity index (χ2n) is 11.7. The normalized spacial score (nSPS) is 12.3. The first-order valence-electron chi connectivity index (χ1n) is 16.7. The Morgan fingerprint density at radius 1 is 0.788 bits per heavy atom. The van der Waals surface area contributed by atoms with Gasteiger partial charge in [-0.25, -0.2) is 19.2 Å². The van der Waals surface area contributed by atoms with Gasteiger partial charge in [0.1, 0.15) is 25.4 Å². The molecule has 0 aromatic heterocycles. The van der Waals surface area contributed by atoms with Gasteiger partial charge in [-0.05, 0) is 82.7 Å². The molecule has 0 heterocycles. The summed E-state index contributed by atoms with van der Waals surface area (Å²) in [6.45, 7) is 13.2. The highest BCUT2D eigenvalue weighted by molar-refractivity contribution is 7.99. The summed E-state index contributed by atoms with van der Waals surface area (Å²) in [6, 6.07) is 14.8. The highest BCUT2D eigenvalue weighted by atomic mass is 35.5. The molecule has 2 N–H and O–H groups in total. The molecule has 2 unspecified atom stereocenters. The minimum absolute atomic E-state index is 0.0102. The number of rotatable bonds is 23. The molecule has 0 aliphatic heterocycles. The lowest BCUT2D eigenvalue weighted by atomic mass is 10.2. The van der Waals surface area contributed by atoms with Crippen LogP contribution in [0, 0.1) is 0 Å². The van der Waals surface area contributed by atoms with Gasteiger partial charge in [0.15, 0.2) is 0 Å². The lowest BCUT2D eigenvalue weighted by Gasteiger charge is -2.19. The zero-order chi connectivity index (χ0) is 38.3. The molecule has 286 valence electrons. The Morgan fingerprint density at radius 3 is 1.87 bits per heavy atom. The summed E-state index contributed by atoms with van der Waals surface area (Å²) in [5, 5.41) is 5.80. The summed E-state index contributed by atoms with van der Waals surface area (Å²) in [5.41, 5.74) is 1.03. The van der Waals surface area contributed by atoms with Gasteiger partial charge in [-0.1, -0.05) is 30.3 Å². The van der Waals surface area contributed by atoms with Crippen molar-refractivity contribution < 1.29 is 47.6 Å². The third kappa shape index (κ3) is 21.0. The fourth-order valence-electron chi connectivity index (χ4n) is 3.77. The fraction of sp³-hybridized carbons (Fsp3) is 0.459. The van der Waals surface area contributed by atoms with Crippen LogP contribution in [0.2, 0.25) is 5.02 Å². The van der Waals surface area contributed by atoms with E-state index >= 15 is 0 Å². The van der Waals surface area contributed by atoms with Crippen LogP contribution in [0.5, 0.6) is 0 Å². The van der Waals surface area contributed by atoms with E-state index in [0.29, 0.717) is 16.5 Å². The van der Waals surface area contributed by atoms with Crippen molar-refractivity contribution in [3.05, 3.63) is 77.3 Å². The van der Waals surface area contributed by atoms with Gasteiger partial charge in [-0.2, -0.15) is 0 Å². The number of esters is 2. The van der Waals surface area contributed by atoms with Gasteiger partial charge in [0.25, 0.3) is 0 Å². The minimum Gasteiger partial charge on any atom is -0.461 e. The van der Waals surface area contributed by atoms with Gasteiger partial charge in [0, 0.05) is 38.0 Å². The molecular weight excluding hydrogens is 732 g/mol. The summed E-state index contributed by atoms with van der Waals surface area (Å²) >= 11 is 8.94. The number of nitrogens with one attached hydrogen (secondary N) is 2. The summed E-state index contributed by atoms with van der Waals surface area (Å²) in [5.74, 6) is -0.218. The Labute approximate surface area is 319 Å². The van der Waals surface area contributed by atoms with E-state index in [4.69, 9.17) is 40.0 Å². The molecular formula is C37H49ClN2O10S2.